The number of fused-ring (bicyclic) bond motifs is 1. The molecule has 0 N–H and O–H groups in total. The quantitative estimate of drug-likeness (QED) is 0.636. The molecule has 0 spiro atoms. The maximum Gasteiger partial charge on any atom is 0.125 e. The van der Waals surface area contributed by atoms with Crippen LogP contribution in [0, 0.1) is 6.92 Å². The van der Waals surface area contributed by atoms with Gasteiger partial charge >= 0.3 is 0 Å². The highest BCUT2D eigenvalue weighted by Crippen LogP contribution is 2.24. The van der Waals surface area contributed by atoms with Crippen molar-refractivity contribution in [2.45, 2.75) is 32.7 Å². The number of benzene rings is 1. The summed E-state index contributed by atoms with van der Waals surface area (Å²) >= 11 is 7.93. The van der Waals surface area contributed by atoms with E-state index in [1.165, 1.54) is 20.8 Å². The lowest BCUT2D eigenvalue weighted by Gasteiger charge is -2.06. The molecule has 3 aromatic rings. The topological polar surface area (TPSA) is 17.8 Å². The van der Waals surface area contributed by atoms with E-state index in [1.54, 1.807) is 0 Å². The molecule has 0 aliphatic heterocycles. The van der Waals surface area contributed by atoms with Crippen LogP contribution in [-0.4, -0.2) is 9.55 Å². The molecule has 2 aromatic heterocycles. The van der Waals surface area contributed by atoms with Crippen LogP contribution in [0.5, 0.6) is 0 Å². The third-order valence-electron chi connectivity index (χ3n) is 3.48. The molecule has 0 saturated heterocycles. The second kappa shape index (κ2) is 5.58. The van der Waals surface area contributed by atoms with Crippen LogP contribution in [0.15, 0.2) is 30.3 Å². The SMILES string of the molecule is CCc1ccc(Cn2c(CCl)nc3ccc(C)cc32)s1. The van der Waals surface area contributed by atoms with E-state index in [1.807, 2.05) is 11.3 Å². The summed E-state index contributed by atoms with van der Waals surface area (Å²) < 4.78 is 2.24. The molecule has 0 atom stereocenters. The molecule has 3 rings (SSSR count). The molecule has 2 nitrogen and oxygen atoms in total. The standard InChI is InChI=1S/C16H17ClN2S/c1-3-12-5-6-13(20-12)10-19-15-8-11(2)4-7-14(15)18-16(19)9-17/h4-8H,3,9-10H2,1-2H3. The second-order valence-corrected chi connectivity index (χ2v) is 6.48. The minimum absolute atomic E-state index is 0.444. The highest BCUT2D eigenvalue weighted by molar-refractivity contribution is 7.11. The summed E-state index contributed by atoms with van der Waals surface area (Å²) in [6.07, 6.45) is 1.09. The summed E-state index contributed by atoms with van der Waals surface area (Å²) in [7, 11) is 0. The maximum atomic E-state index is 6.06. The Morgan fingerprint density at radius 3 is 2.70 bits per heavy atom. The molecule has 0 aliphatic rings. The van der Waals surface area contributed by atoms with Crippen LogP contribution < -0.4 is 0 Å². The fourth-order valence-corrected chi connectivity index (χ4v) is 3.57. The van der Waals surface area contributed by atoms with Gasteiger partial charge in [0.15, 0.2) is 0 Å². The van der Waals surface area contributed by atoms with Gasteiger partial charge < -0.3 is 4.57 Å². The first kappa shape index (κ1) is 13.7. The lowest BCUT2D eigenvalue weighted by Crippen LogP contribution is -2.02. The fourth-order valence-electron chi connectivity index (χ4n) is 2.41. The predicted octanol–water partition coefficient (Wildman–Crippen LogP) is 4.76. The zero-order chi connectivity index (χ0) is 14.1. The Bertz CT molecular complexity index is 742. The number of rotatable bonds is 4. The Labute approximate surface area is 128 Å². The lowest BCUT2D eigenvalue weighted by molar-refractivity contribution is 0.789. The van der Waals surface area contributed by atoms with Crippen molar-refractivity contribution in [3.8, 4) is 0 Å². The van der Waals surface area contributed by atoms with E-state index in [-0.39, 0.29) is 0 Å². The Balaban J connectivity index is 2.06. The number of hydrogen-bond acceptors (Lipinski definition) is 2. The average molecular weight is 305 g/mol. The highest BCUT2D eigenvalue weighted by Gasteiger charge is 2.11. The van der Waals surface area contributed by atoms with E-state index >= 15 is 0 Å². The van der Waals surface area contributed by atoms with Gasteiger partial charge in [0.25, 0.3) is 0 Å². The molecule has 0 aliphatic carbocycles. The van der Waals surface area contributed by atoms with Crippen LogP contribution in [0.25, 0.3) is 11.0 Å². The van der Waals surface area contributed by atoms with Gasteiger partial charge in [-0.25, -0.2) is 4.98 Å². The van der Waals surface area contributed by atoms with Gasteiger partial charge in [-0.3, -0.25) is 0 Å². The van der Waals surface area contributed by atoms with Gasteiger partial charge in [-0.2, -0.15) is 0 Å². The molecule has 0 bridgehead atoms. The summed E-state index contributed by atoms with van der Waals surface area (Å²) in [6.45, 7) is 5.15. The Morgan fingerprint density at radius 1 is 1.20 bits per heavy atom. The summed E-state index contributed by atoms with van der Waals surface area (Å²) in [6, 6.07) is 10.8. The first-order valence-corrected chi connectivity index (χ1v) is 8.15. The van der Waals surface area contributed by atoms with Crippen molar-refractivity contribution in [1.82, 2.24) is 9.55 Å². The van der Waals surface area contributed by atoms with Crippen LogP contribution in [0.4, 0.5) is 0 Å². The number of aryl methyl sites for hydroxylation is 2. The molecule has 4 heteroatoms. The maximum absolute atomic E-state index is 6.06. The molecule has 104 valence electrons. The third kappa shape index (κ3) is 2.48. The molecule has 0 amide bonds. The van der Waals surface area contributed by atoms with Crippen molar-refractivity contribution in [3.63, 3.8) is 0 Å². The van der Waals surface area contributed by atoms with E-state index in [4.69, 9.17) is 11.6 Å². The summed E-state index contributed by atoms with van der Waals surface area (Å²) in [5, 5.41) is 0. The van der Waals surface area contributed by atoms with Gasteiger partial charge in [-0.15, -0.1) is 22.9 Å². The van der Waals surface area contributed by atoms with Gasteiger partial charge in [0.05, 0.1) is 23.5 Å². The van der Waals surface area contributed by atoms with Crippen molar-refractivity contribution in [1.29, 1.82) is 0 Å². The number of aromatic nitrogens is 2. The zero-order valence-corrected chi connectivity index (χ0v) is 13.3. The minimum Gasteiger partial charge on any atom is -0.322 e. The number of nitrogens with zero attached hydrogens (tertiary/aromatic N) is 2. The summed E-state index contributed by atoms with van der Waals surface area (Å²) in [5.41, 5.74) is 3.45. The molecule has 1 aromatic carbocycles. The van der Waals surface area contributed by atoms with E-state index in [2.05, 4.69) is 53.7 Å². The van der Waals surface area contributed by atoms with Crippen LogP contribution in [0.1, 0.15) is 28.1 Å². The predicted molar refractivity (Wildman–Crippen MR) is 86.8 cm³/mol. The first-order chi connectivity index (χ1) is 9.71. The number of imidazole rings is 1. The Hall–Kier alpha value is -1.32. The van der Waals surface area contributed by atoms with E-state index < -0.39 is 0 Å². The van der Waals surface area contributed by atoms with Crippen molar-refractivity contribution in [3.05, 3.63) is 51.5 Å². The average Bonchev–Trinajstić information content (AvgIpc) is 3.04. The van der Waals surface area contributed by atoms with Crippen LogP contribution in [-0.2, 0) is 18.8 Å². The number of thiophene rings is 1. The summed E-state index contributed by atoms with van der Waals surface area (Å²) in [4.78, 5) is 7.41. The Kier molecular flexibility index (Phi) is 3.81. The molecule has 20 heavy (non-hydrogen) atoms. The van der Waals surface area contributed by atoms with Crippen molar-refractivity contribution in [2.75, 3.05) is 0 Å². The largest absolute Gasteiger partial charge is 0.322 e. The normalized spacial score (nSPS) is 11.3. The van der Waals surface area contributed by atoms with Crippen LogP contribution >= 0.6 is 22.9 Å². The smallest absolute Gasteiger partial charge is 0.125 e. The van der Waals surface area contributed by atoms with Crippen molar-refractivity contribution >= 4 is 34.0 Å². The van der Waals surface area contributed by atoms with Gasteiger partial charge in [0.1, 0.15) is 5.82 Å². The molecule has 0 fully saturated rings. The van der Waals surface area contributed by atoms with Gasteiger partial charge in [-0.05, 0) is 43.2 Å². The van der Waals surface area contributed by atoms with Gasteiger partial charge in [0, 0.05) is 9.75 Å². The minimum atomic E-state index is 0.444. The lowest BCUT2D eigenvalue weighted by atomic mass is 10.2. The van der Waals surface area contributed by atoms with Gasteiger partial charge in [0.2, 0.25) is 0 Å². The van der Waals surface area contributed by atoms with E-state index in [0.29, 0.717) is 5.88 Å². The molecule has 0 radical (unpaired) electrons. The second-order valence-electron chi connectivity index (χ2n) is 4.96. The van der Waals surface area contributed by atoms with Gasteiger partial charge in [-0.1, -0.05) is 13.0 Å². The third-order valence-corrected chi connectivity index (χ3v) is 4.94. The molecule has 0 saturated carbocycles. The molecular weight excluding hydrogens is 288 g/mol. The van der Waals surface area contributed by atoms with Crippen molar-refractivity contribution < 1.29 is 0 Å². The highest BCUT2D eigenvalue weighted by atomic mass is 35.5. The number of hydrogen-bond donors (Lipinski definition) is 0. The molecular formula is C16H17ClN2S. The number of alkyl halides is 1. The molecule has 2 heterocycles. The Morgan fingerprint density at radius 2 is 2.00 bits per heavy atom. The molecule has 0 unspecified atom stereocenters. The van der Waals surface area contributed by atoms with Crippen molar-refractivity contribution in [2.24, 2.45) is 0 Å². The van der Waals surface area contributed by atoms with E-state index in [9.17, 15) is 0 Å². The van der Waals surface area contributed by atoms with E-state index in [0.717, 1.165) is 24.3 Å². The number of halogens is 1. The first-order valence-electron chi connectivity index (χ1n) is 6.80. The zero-order valence-electron chi connectivity index (χ0n) is 11.7. The van der Waals surface area contributed by atoms with Crippen LogP contribution in [0.2, 0.25) is 0 Å². The monoisotopic (exact) mass is 304 g/mol. The fraction of sp³-hybridized carbons (Fsp3) is 0.312. The summed E-state index contributed by atoms with van der Waals surface area (Å²) in [5.74, 6) is 1.39. The van der Waals surface area contributed by atoms with Crippen LogP contribution in [0.3, 0.4) is 0 Å².